The van der Waals surface area contributed by atoms with E-state index in [0.717, 1.165) is 6.92 Å². The quantitative estimate of drug-likeness (QED) is 0.868. The third-order valence-corrected chi connectivity index (χ3v) is 3.35. The van der Waals surface area contributed by atoms with E-state index in [9.17, 15) is 13.2 Å². The van der Waals surface area contributed by atoms with Gasteiger partial charge in [-0.25, -0.2) is 9.97 Å². The summed E-state index contributed by atoms with van der Waals surface area (Å²) < 4.78 is 42.9. The number of hydrogen-bond donors (Lipinski definition) is 1. The van der Waals surface area contributed by atoms with Crippen LogP contribution in [0.5, 0.6) is 5.88 Å². The first kappa shape index (κ1) is 16.8. The molecule has 2 rings (SSSR count). The van der Waals surface area contributed by atoms with E-state index in [2.05, 4.69) is 9.97 Å². The van der Waals surface area contributed by atoms with E-state index >= 15 is 0 Å². The Labute approximate surface area is 130 Å². The fourth-order valence-electron chi connectivity index (χ4n) is 1.93. The van der Waals surface area contributed by atoms with Gasteiger partial charge in [-0.05, 0) is 37.8 Å². The third-order valence-electron chi connectivity index (χ3n) is 3.15. The molecule has 2 aromatic heterocycles. The number of alkyl halides is 3. The molecule has 120 valence electrons. The Kier molecular flexibility index (Phi) is 4.23. The van der Waals surface area contributed by atoms with E-state index < -0.39 is 17.8 Å². The van der Waals surface area contributed by atoms with Crippen molar-refractivity contribution >= 4 is 22.4 Å². The first-order valence-electron chi connectivity index (χ1n) is 6.47. The Bertz CT molecular complexity index is 698. The van der Waals surface area contributed by atoms with E-state index in [1.54, 1.807) is 13.8 Å². The fraction of sp³-hybridized carbons (Fsp3) is 0.429. The number of aromatic nitrogens is 2. The van der Waals surface area contributed by atoms with Crippen LogP contribution in [0.2, 0.25) is 5.15 Å². The van der Waals surface area contributed by atoms with Crippen molar-refractivity contribution in [2.45, 2.75) is 38.6 Å². The van der Waals surface area contributed by atoms with Gasteiger partial charge in [-0.3, -0.25) is 0 Å². The lowest BCUT2D eigenvalue weighted by atomic mass is 9.93. The summed E-state index contributed by atoms with van der Waals surface area (Å²) in [6.45, 7) is 4.44. The van der Waals surface area contributed by atoms with E-state index in [4.69, 9.17) is 22.1 Å². The smallest absolute Gasteiger partial charge is 0.425 e. The SMILES string of the molecule is CC(Oc1ncc(C(C)(C)N)c2cc(Cl)ncc12)C(F)(F)F. The monoisotopic (exact) mass is 333 g/mol. The number of halogens is 4. The largest absolute Gasteiger partial charge is 0.464 e. The average molecular weight is 334 g/mol. The highest BCUT2D eigenvalue weighted by atomic mass is 35.5. The minimum atomic E-state index is -4.49. The van der Waals surface area contributed by atoms with Gasteiger partial charge < -0.3 is 10.5 Å². The zero-order valence-electron chi connectivity index (χ0n) is 12.2. The van der Waals surface area contributed by atoms with E-state index in [-0.39, 0.29) is 11.0 Å². The molecule has 0 radical (unpaired) electrons. The maximum absolute atomic E-state index is 12.7. The van der Waals surface area contributed by atoms with Gasteiger partial charge in [-0.1, -0.05) is 11.6 Å². The van der Waals surface area contributed by atoms with Gasteiger partial charge in [0, 0.05) is 17.9 Å². The Morgan fingerprint density at radius 1 is 1.18 bits per heavy atom. The van der Waals surface area contributed by atoms with E-state index in [1.807, 2.05) is 0 Å². The highest BCUT2D eigenvalue weighted by Gasteiger charge is 2.38. The van der Waals surface area contributed by atoms with Gasteiger partial charge in [0.25, 0.3) is 0 Å². The lowest BCUT2D eigenvalue weighted by Crippen LogP contribution is -2.32. The van der Waals surface area contributed by atoms with Crippen LogP contribution in [0.4, 0.5) is 13.2 Å². The molecule has 0 bridgehead atoms. The summed E-state index contributed by atoms with van der Waals surface area (Å²) in [5.41, 5.74) is 5.96. The van der Waals surface area contributed by atoms with Crippen LogP contribution >= 0.6 is 11.6 Å². The highest BCUT2D eigenvalue weighted by molar-refractivity contribution is 6.30. The zero-order valence-corrected chi connectivity index (χ0v) is 13.0. The summed E-state index contributed by atoms with van der Waals surface area (Å²) in [5.74, 6) is -0.156. The van der Waals surface area contributed by atoms with Crippen LogP contribution in [0, 0.1) is 0 Å². The molecular weight excluding hydrogens is 319 g/mol. The highest BCUT2D eigenvalue weighted by Crippen LogP contribution is 2.34. The van der Waals surface area contributed by atoms with Gasteiger partial charge in [-0.15, -0.1) is 0 Å². The number of hydrogen-bond acceptors (Lipinski definition) is 4. The van der Waals surface area contributed by atoms with E-state index in [0.29, 0.717) is 16.3 Å². The minimum absolute atomic E-state index is 0.156. The summed E-state index contributed by atoms with van der Waals surface area (Å²) >= 11 is 5.88. The minimum Gasteiger partial charge on any atom is -0.464 e. The fourth-order valence-corrected chi connectivity index (χ4v) is 2.08. The molecule has 22 heavy (non-hydrogen) atoms. The maximum Gasteiger partial charge on any atom is 0.425 e. The predicted octanol–water partition coefficient (Wildman–Crippen LogP) is 3.81. The molecule has 0 aliphatic carbocycles. The number of nitrogens with zero attached hydrogens (tertiary/aromatic N) is 2. The predicted molar refractivity (Wildman–Crippen MR) is 77.9 cm³/mol. The number of rotatable bonds is 3. The van der Waals surface area contributed by atoms with Gasteiger partial charge in [0.1, 0.15) is 5.15 Å². The van der Waals surface area contributed by atoms with Crippen LogP contribution in [-0.2, 0) is 5.54 Å². The Morgan fingerprint density at radius 3 is 2.36 bits per heavy atom. The molecule has 0 spiro atoms. The van der Waals surface area contributed by atoms with Crippen molar-refractivity contribution in [2.24, 2.45) is 5.73 Å². The summed E-state index contributed by atoms with van der Waals surface area (Å²) in [5, 5.41) is 1.10. The van der Waals surface area contributed by atoms with Crippen LogP contribution in [0.15, 0.2) is 18.5 Å². The number of fused-ring (bicyclic) bond motifs is 1. The van der Waals surface area contributed by atoms with Gasteiger partial charge in [0.2, 0.25) is 5.88 Å². The van der Waals surface area contributed by atoms with Gasteiger partial charge in [0.05, 0.1) is 5.39 Å². The lowest BCUT2D eigenvalue weighted by molar-refractivity contribution is -0.189. The first-order chi connectivity index (χ1) is 10.00. The van der Waals surface area contributed by atoms with E-state index in [1.165, 1.54) is 18.5 Å². The van der Waals surface area contributed by atoms with Crippen LogP contribution in [-0.4, -0.2) is 22.2 Å². The molecular formula is C14H15ClF3N3O. The summed E-state index contributed by atoms with van der Waals surface area (Å²) in [6, 6.07) is 1.54. The molecule has 1 atom stereocenters. The Morgan fingerprint density at radius 2 is 1.82 bits per heavy atom. The van der Waals surface area contributed by atoms with Crippen molar-refractivity contribution in [1.29, 1.82) is 0 Å². The van der Waals surface area contributed by atoms with Crippen molar-refractivity contribution in [3.63, 3.8) is 0 Å². The second kappa shape index (κ2) is 5.55. The van der Waals surface area contributed by atoms with Crippen molar-refractivity contribution in [1.82, 2.24) is 9.97 Å². The summed E-state index contributed by atoms with van der Waals surface area (Å²) in [4.78, 5) is 7.86. The first-order valence-corrected chi connectivity index (χ1v) is 6.85. The zero-order chi connectivity index (χ0) is 16.7. The average Bonchev–Trinajstić information content (AvgIpc) is 2.35. The van der Waals surface area contributed by atoms with Gasteiger partial charge in [0.15, 0.2) is 6.10 Å². The van der Waals surface area contributed by atoms with Crippen molar-refractivity contribution in [3.05, 3.63) is 29.2 Å². The number of nitrogens with two attached hydrogens (primary N) is 1. The van der Waals surface area contributed by atoms with Gasteiger partial charge >= 0.3 is 6.18 Å². The molecule has 0 aliphatic heterocycles. The molecule has 2 heterocycles. The van der Waals surface area contributed by atoms with Crippen LogP contribution in [0.25, 0.3) is 10.8 Å². The summed E-state index contributed by atoms with van der Waals surface area (Å²) in [7, 11) is 0. The van der Waals surface area contributed by atoms with Crippen molar-refractivity contribution in [3.8, 4) is 5.88 Å². The summed E-state index contributed by atoms with van der Waals surface area (Å²) in [6.07, 6.45) is -3.75. The molecule has 4 nitrogen and oxygen atoms in total. The molecule has 0 fully saturated rings. The number of pyridine rings is 2. The topological polar surface area (TPSA) is 61.0 Å². The van der Waals surface area contributed by atoms with Crippen LogP contribution in [0.3, 0.4) is 0 Å². The van der Waals surface area contributed by atoms with Gasteiger partial charge in [-0.2, -0.15) is 13.2 Å². The van der Waals surface area contributed by atoms with Crippen molar-refractivity contribution in [2.75, 3.05) is 0 Å². The molecule has 8 heteroatoms. The molecule has 0 aliphatic rings. The second-order valence-electron chi connectivity index (χ2n) is 5.55. The Hall–Kier alpha value is -1.60. The molecule has 0 amide bonds. The molecule has 0 saturated carbocycles. The molecule has 2 aromatic rings. The maximum atomic E-state index is 12.7. The number of ether oxygens (including phenoxy) is 1. The Balaban J connectivity index is 2.59. The standard InChI is InChI=1S/C14H15ClF3N3O/c1-7(14(16,17)18)22-12-9-5-20-11(15)4-8(9)10(6-21-12)13(2,3)19/h4-7H,19H2,1-3H3. The lowest BCUT2D eigenvalue weighted by Gasteiger charge is -2.23. The molecule has 0 saturated heterocycles. The normalized spacial score (nSPS) is 14.2. The van der Waals surface area contributed by atoms with Crippen LogP contribution < -0.4 is 10.5 Å². The molecule has 2 N–H and O–H groups in total. The second-order valence-corrected chi connectivity index (χ2v) is 5.94. The molecule has 0 aromatic carbocycles. The third kappa shape index (κ3) is 3.41. The van der Waals surface area contributed by atoms with Crippen LogP contribution in [0.1, 0.15) is 26.3 Å². The van der Waals surface area contributed by atoms with Crippen molar-refractivity contribution < 1.29 is 17.9 Å². The molecule has 1 unspecified atom stereocenters.